The monoisotopic (exact) mass is 531 g/mol. The van der Waals surface area contributed by atoms with Gasteiger partial charge in [-0.2, -0.15) is 0 Å². The summed E-state index contributed by atoms with van der Waals surface area (Å²) in [6.45, 7) is 14.3. The third-order valence-electron chi connectivity index (χ3n) is 6.78. The number of nitrogens with two attached hydrogens (primary N) is 1. The molecule has 2 atom stereocenters. The number of aryl methyl sites for hydroxylation is 1. The second-order valence-electron chi connectivity index (χ2n) is 11.2. The van der Waals surface area contributed by atoms with E-state index in [-0.39, 0.29) is 30.5 Å². The summed E-state index contributed by atoms with van der Waals surface area (Å²) in [4.78, 5) is 25.3. The van der Waals surface area contributed by atoms with Crippen LogP contribution in [0.25, 0.3) is 0 Å². The van der Waals surface area contributed by atoms with Crippen molar-refractivity contribution < 1.29 is 19.4 Å². The third-order valence-corrected chi connectivity index (χ3v) is 7.13. The van der Waals surface area contributed by atoms with Crippen LogP contribution >= 0.6 is 11.6 Å². The van der Waals surface area contributed by atoms with E-state index in [0.717, 1.165) is 29.0 Å². The molecule has 2 aromatic carbocycles. The zero-order chi connectivity index (χ0) is 28.0. The second kappa shape index (κ2) is 12.8. The lowest BCUT2D eigenvalue weighted by Crippen LogP contribution is -2.57. The maximum absolute atomic E-state index is 13.3. The quantitative estimate of drug-likeness (QED) is 0.149. The smallest absolute Gasteiger partial charge is 0.338 e. The summed E-state index contributed by atoms with van der Waals surface area (Å²) in [5, 5.41) is 15.0. The molecular weight excluding hydrogens is 490 g/mol. The summed E-state index contributed by atoms with van der Waals surface area (Å²) < 4.78 is 5.00. The maximum atomic E-state index is 13.3. The van der Waals surface area contributed by atoms with Gasteiger partial charge < -0.3 is 15.2 Å². The molecule has 0 saturated heterocycles. The number of hydrazine groups is 1. The molecule has 2 amide bonds. The van der Waals surface area contributed by atoms with E-state index in [1.165, 1.54) is 0 Å². The first kappa shape index (κ1) is 30.6. The minimum atomic E-state index is -0.964. The molecule has 0 aliphatic carbocycles. The Bertz CT molecular complexity index is 1070. The summed E-state index contributed by atoms with van der Waals surface area (Å²) in [5.41, 5.74) is 1.81. The summed E-state index contributed by atoms with van der Waals surface area (Å²) >= 11 is 6.70. The Morgan fingerprint density at radius 1 is 1.11 bits per heavy atom. The van der Waals surface area contributed by atoms with Crippen LogP contribution in [0.15, 0.2) is 42.5 Å². The minimum Gasteiger partial charge on any atom is -0.462 e. The second-order valence-corrected chi connectivity index (χ2v) is 11.6. The van der Waals surface area contributed by atoms with Crippen LogP contribution in [0.3, 0.4) is 0 Å². The van der Waals surface area contributed by atoms with Crippen molar-refractivity contribution in [3.8, 4) is 0 Å². The molecular formula is C29H42ClN3O4. The predicted octanol–water partition coefficient (Wildman–Crippen LogP) is 6.07. The molecule has 0 heterocycles. The fourth-order valence-electron chi connectivity index (χ4n) is 4.39. The number of aliphatic hydroxyl groups is 1. The molecule has 0 aliphatic heterocycles. The van der Waals surface area contributed by atoms with Crippen LogP contribution < -0.4 is 16.2 Å². The molecule has 0 bridgehead atoms. The fraction of sp³-hybridized carbons (Fsp3) is 0.517. The summed E-state index contributed by atoms with van der Waals surface area (Å²) in [5.74, 6) is 5.47. The number of hydrogen-bond donors (Lipinski definition) is 3. The molecule has 0 aromatic heterocycles. The van der Waals surface area contributed by atoms with Gasteiger partial charge in [0.2, 0.25) is 0 Å². The molecule has 7 nitrogen and oxygen atoms in total. The van der Waals surface area contributed by atoms with Crippen LogP contribution in [0, 0.1) is 17.3 Å². The molecule has 0 saturated carbocycles. The number of hydrogen-bond acceptors (Lipinski definition) is 5. The Hall–Kier alpha value is -2.61. The molecule has 4 N–H and O–H groups in total. The number of ether oxygens (including phenoxy) is 1. The first-order valence-corrected chi connectivity index (χ1v) is 13.1. The van der Waals surface area contributed by atoms with Crippen molar-refractivity contribution in [1.82, 2.24) is 5.32 Å². The number of carbonyl (C=O) groups excluding carboxylic acids is 2. The number of amides is 2. The van der Waals surface area contributed by atoms with Crippen LogP contribution in [0.4, 0.5) is 10.5 Å². The standard InChI is InChI=1S/C29H42ClN3O4/c1-8-37-26(35)21-10-13-23(14-11-21)33(31)27(36)32-29(7,24(18-34)19(2)3)22-12-9-20(25(30)17-22)15-16-28(4,5)6/h9-14,17,19,24,34H,8,15-16,18,31H2,1-7H3,(H,32,36)/t24-,29-/m0/s1. The summed E-state index contributed by atoms with van der Waals surface area (Å²) in [7, 11) is 0. The fourth-order valence-corrected chi connectivity index (χ4v) is 4.67. The van der Waals surface area contributed by atoms with Crippen molar-refractivity contribution in [3.05, 3.63) is 64.2 Å². The molecule has 0 spiro atoms. The van der Waals surface area contributed by atoms with E-state index in [0.29, 0.717) is 16.3 Å². The first-order valence-electron chi connectivity index (χ1n) is 12.8. The van der Waals surface area contributed by atoms with Crippen molar-refractivity contribution in [2.45, 2.75) is 66.8 Å². The number of halogens is 1. The molecule has 0 radical (unpaired) electrons. The van der Waals surface area contributed by atoms with E-state index < -0.39 is 17.5 Å². The highest BCUT2D eigenvalue weighted by Crippen LogP contribution is 2.37. The van der Waals surface area contributed by atoms with Crippen LogP contribution in [0.1, 0.15) is 76.4 Å². The Morgan fingerprint density at radius 2 is 1.73 bits per heavy atom. The zero-order valence-corrected chi connectivity index (χ0v) is 23.9. The SMILES string of the molecule is CCOC(=O)c1ccc(N(N)C(=O)N[C@@](C)(c2ccc(CCC(C)(C)C)c(Cl)c2)[C@@H](CO)C(C)C)cc1. The Labute approximate surface area is 226 Å². The van der Waals surface area contributed by atoms with Gasteiger partial charge in [0.25, 0.3) is 0 Å². The molecule has 2 aromatic rings. The van der Waals surface area contributed by atoms with Gasteiger partial charge in [0.15, 0.2) is 0 Å². The topological polar surface area (TPSA) is 105 Å². The van der Waals surface area contributed by atoms with Crippen molar-refractivity contribution in [3.63, 3.8) is 0 Å². The minimum absolute atomic E-state index is 0.0460. The Balaban J connectivity index is 2.36. The van der Waals surface area contributed by atoms with Crippen molar-refractivity contribution in [2.75, 3.05) is 18.2 Å². The van der Waals surface area contributed by atoms with Gasteiger partial charge in [-0.15, -0.1) is 0 Å². The molecule has 204 valence electrons. The largest absolute Gasteiger partial charge is 0.462 e. The molecule has 8 heteroatoms. The van der Waals surface area contributed by atoms with Gasteiger partial charge in [-0.25, -0.2) is 20.4 Å². The van der Waals surface area contributed by atoms with Crippen LogP contribution in [-0.4, -0.2) is 30.3 Å². The molecule has 0 aliphatic rings. The highest BCUT2D eigenvalue weighted by molar-refractivity contribution is 6.31. The summed E-state index contributed by atoms with van der Waals surface area (Å²) in [6, 6.07) is 11.5. The average molecular weight is 532 g/mol. The molecule has 0 fully saturated rings. The molecule has 2 rings (SSSR count). The highest BCUT2D eigenvalue weighted by Gasteiger charge is 2.40. The van der Waals surface area contributed by atoms with E-state index in [1.54, 1.807) is 31.2 Å². The molecule has 37 heavy (non-hydrogen) atoms. The van der Waals surface area contributed by atoms with E-state index in [2.05, 4.69) is 26.1 Å². The van der Waals surface area contributed by atoms with Gasteiger partial charge in [0.05, 0.1) is 23.4 Å². The Kier molecular flexibility index (Phi) is 10.6. The number of esters is 1. The normalized spacial score (nSPS) is 14.1. The van der Waals surface area contributed by atoms with Gasteiger partial charge in [-0.3, -0.25) is 0 Å². The predicted molar refractivity (Wildman–Crippen MR) is 150 cm³/mol. The first-order chi connectivity index (χ1) is 17.2. The van der Waals surface area contributed by atoms with Crippen LogP contribution in [0.2, 0.25) is 5.02 Å². The third kappa shape index (κ3) is 7.94. The van der Waals surface area contributed by atoms with E-state index in [9.17, 15) is 14.7 Å². The lowest BCUT2D eigenvalue weighted by Gasteiger charge is -2.41. The number of aliphatic hydroxyl groups excluding tert-OH is 1. The van der Waals surface area contributed by atoms with Gasteiger partial charge >= 0.3 is 12.0 Å². The van der Waals surface area contributed by atoms with Gasteiger partial charge in [-0.1, -0.05) is 58.4 Å². The van der Waals surface area contributed by atoms with Gasteiger partial charge in [0.1, 0.15) is 0 Å². The van der Waals surface area contributed by atoms with Crippen LogP contribution in [-0.2, 0) is 16.7 Å². The lowest BCUT2D eigenvalue weighted by atomic mass is 9.74. The number of rotatable bonds is 10. The maximum Gasteiger partial charge on any atom is 0.338 e. The lowest BCUT2D eigenvalue weighted by molar-refractivity contribution is 0.0526. The number of nitrogens with one attached hydrogen (secondary N) is 1. The Morgan fingerprint density at radius 3 is 2.22 bits per heavy atom. The van der Waals surface area contributed by atoms with Gasteiger partial charge in [0, 0.05) is 17.5 Å². The molecule has 0 unspecified atom stereocenters. The average Bonchev–Trinajstić information content (AvgIpc) is 2.82. The number of nitrogens with zero attached hydrogens (tertiary/aromatic N) is 1. The highest BCUT2D eigenvalue weighted by atomic mass is 35.5. The van der Waals surface area contributed by atoms with Crippen molar-refractivity contribution >= 4 is 29.3 Å². The number of benzene rings is 2. The zero-order valence-electron chi connectivity index (χ0n) is 23.1. The number of carbonyl (C=O) groups is 2. The van der Waals surface area contributed by atoms with E-state index in [4.69, 9.17) is 22.2 Å². The van der Waals surface area contributed by atoms with Gasteiger partial charge in [-0.05, 0) is 79.5 Å². The summed E-state index contributed by atoms with van der Waals surface area (Å²) in [6.07, 6.45) is 1.83. The van der Waals surface area contributed by atoms with Crippen molar-refractivity contribution in [1.29, 1.82) is 0 Å². The van der Waals surface area contributed by atoms with E-state index >= 15 is 0 Å². The van der Waals surface area contributed by atoms with E-state index in [1.807, 2.05) is 39.0 Å². The van der Waals surface area contributed by atoms with Crippen LogP contribution in [0.5, 0.6) is 0 Å². The number of anilines is 1. The van der Waals surface area contributed by atoms with Crippen molar-refractivity contribution in [2.24, 2.45) is 23.1 Å². The number of urea groups is 1.